The van der Waals surface area contributed by atoms with Gasteiger partial charge in [-0.25, -0.2) is 0 Å². The van der Waals surface area contributed by atoms with Crippen molar-refractivity contribution in [3.8, 4) is 0 Å². The molecule has 0 aliphatic carbocycles. The van der Waals surface area contributed by atoms with Crippen LogP contribution in [0.3, 0.4) is 0 Å². The Morgan fingerprint density at radius 3 is 2.40 bits per heavy atom. The van der Waals surface area contributed by atoms with Gasteiger partial charge in [-0.1, -0.05) is 6.92 Å². The van der Waals surface area contributed by atoms with Crippen LogP contribution >= 0.6 is 0 Å². The lowest BCUT2D eigenvalue weighted by Gasteiger charge is -2.20. The summed E-state index contributed by atoms with van der Waals surface area (Å²) in [5.74, 6) is 0. The summed E-state index contributed by atoms with van der Waals surface area (Å²) < 4.78 is 11.2. The molecule has 0 spiro atoms. The summed E-state index contributed by atoms with van der Waals surface area (Å²) >= 11 is 0. The van der Waals surface area contributed by atoms with Crippen LogP contribution in [0, 0.1) is 0 Å². The molecule has 3 nitrogen and oxygen atoms in total. The molecule has 0 radical (unpaired) electrons. The molecule has 0 aromatic heterocycles. The van der Waals surface area contributed by atoms with Gasteiger partial charge in [-0.3, -0.25) is 0 Å². The highest BCUT2D eigenvalue weighted by molar-refractivity contribution is 4.59. The molecule has 1 atom stereocenters. The van der Waals surface area contributed by atoms with Crippen molar-refractivity contribution in [2.24, 2.45) is 0 Å². The lowest BCUT2D eigenvalue weighted by Crippen LogP contribution is -2.29. The molecule has 0 aromatic carbocycles. The third kappa shape index (κ3) is 11.8. The van der Waals surface area contributed by atoms with Crippen molar-refractivity contribution in [2.75, 3.05) is 26.3 Å². The zero-order valence-corrected chi connectivity index (χ0v) is 10.9. The molecular weight excluding hydrogens is 190 g/mol. The van der Waals surface area contributed by atoms with Crippen LogP contribution in [-0.2, 0) is 9.47 Å². The van der Waals surface area contributed by atoms with Crippen LogP contribution in [0.5, 0.6) is 0 Å². The normalized spacial score (nSPS) is 14.2. The predicted octanol–water partition coefficient (Wildman–Crippen LogP) is 2.21. The van der Waals surface area contributed by atoms with E-state index in [2.05, 4.69) is 39.9 Å². The maximum Gasteiger partial charge on any atom is 0.0707 e. The Hall–Kier alpha value is -0.120. The second-order valence-corrected chi connectivity index (χ2v) is 4.85. The maximum absolute atomic E-state index is 5.60. The molecule has 0 amide bonds. The van der Waals surface area contributed by atoms with E-state index in [1.165, 1.54) is 6.42 Å². The first kappa shape index (κ1) is 14.9. The van der Waals surface area contributed by atoms with E-state index in [1.807, 2.05) is 0 Å². The largest absolute Gasteiger partial charge is 0.375 e. The smallest absolute Gasteiger partial charge is 0.0707 e. The zero-order valence-electron chi connectivity index (χ0n) is 10.9. The van der Waals surface area contributed by atoms with Gasteiger partial charge in [0.2, 0.25) is 0 Å². The van der Waals surface area contributed by atoms with E-state index in [0.717, 1.165) is 13.1 Å². The highest BCUT2D eigenvalue weighted by Gasteiger charge is 2.09. The van der Waals surface area contributed by atoms with Crippen LogP contribution in [0.15, 0.2) is 0 Å². The van der Waals surface area contributed by atoms with Crippen LogP contribution in [0.1, 0.15) is 41.0 Å². The van der Waals surface area contributed by atoms with Gasteiger partial charge in [-0.05, 0) is 40.7 Å². The Morgan fingerprint density at radius 1 is 1.20 bits per heavy atom. The maximum atomic E-state index is 5.60. The van der Waals surface area contributed by atoms with Gasteiger partial charge in [-0.15, -0.1) is 0 Å². The highest BCUT2D eigenvalue weighted by atomic mass is 16.5. The minimum atomic E-state index is -0.0624. The zero-order chi connectivity index (χ0) is 11.7. The number of nitrogens with one attached hydrogen (secondary N) is 1. The van der Waals surface area contributed by atoms with Crippen molar-refractivity contribution in [1.29, 1.82) is 0 Å². The summed E-state index contributed by atoms with van der Waals surface area (Å²) in [6, 6.07) is 0. The highest BCUT2D eigenvalue weighted by Crippen LogP contribution is 2.05. The number of hydrogen-bond acceptors (Lipinski definition) is 3. The first-order chi connectivity index (χ1) is 6.95. The van der Waals surface area contributed by atoms with E-state index in [-0.39, 0.29) is 11.7 Å². The van der Waals surface area contributed by atoms with E-state index in [0.29, 0.717) is 13.2 Å². The van der Waals surface area contributed by atoms with Gasteiger partial charge in [-0.2, -0.15) is 0 Å². The van der Waals surface area contributed by atoms with E-state index >= 15 is 0 Å². The minimum absolute atomic E-state index is 0.0624. The lowest BCUT2D eigenvalue weighted by atomic mass is 10.2. The molecule has 0 aliphatic rings. The molecule has 3 heteroatoms. The fourth-order valence-corrected chi connectivity index (χ4v) is 1.14. The molecule has 0 bridgehead atoms. The summed E-state index contributed by atoms with van der Waals surface area (Å²) in [6.07, 6.45) is 1.43. The Bertz CT molecular complexity index is 143. The predicted molar refractivity (Wildman–Crippen MR) is 64.3 cm³/mol. The van der Waals surface area contributed by atoms with Gasteiger partial charge in [0.25, 0.3) is 0 Å². The molecule has 1 unspecified atom stereocenters. The molecular formula is C12H27NO2. The van der Waals surface area contributed by atoms with Crippen molar-refractivity contribution in [3.05, 3.63) is 0 Å². The number of hydrogen-bond donors (Lipinski definition) is 1. The molecule has 0 fully saturated rings. The fraction of sp³-hybridized carbons (Fsp3) is 1.00. The molecule has 15 heavy (non-hydrogen) atoms. The average molecular weight is 217 g/mol. The van der Waals surface area contributed by atoms with E-state index in [4.69, 9.17) is 9.47 Å². The molecule has 0 rings (SSSR count). The van der Waals surface area contributed by atoms with Gasteiger partial charge in [0.1, 0.15) is 0 Å². The van der Waals surface area contributed by atoms with Gasteiger partial charge >= 0.3 is 0 Å². The van der Waals surface area contributed by atoms with Gasteiger partial charge < -0.3 is 14.8 Å². The molecule has 0 saturated heterocycles. The van der Waals surface area contributed by atoms with Crippen LogP contribution < -0.4 is 5.32 Å². The Morgan fingerprint density at radius 2 is 1.87 bits per heavy atom. The minimum Gasteiger partial charge on any atom is -0.375 e. The lowest BCUT2D eigenvalue weighted by molar-refractivity contribution is -0.0479. The topological polar surface area (TPSA) is 30.5 Å². The van der Waals surface area contributed by atoms with Crippen molar-refractivity contribution < 1.29 is 9.47 Å². The Balaban J connectivity index is 3.27. The monoisotopic (exact) mass is 217 g/mol. The Labute approximate surface area is 94.5 Å². The summed E-state index contributed by atoms with van der Waals surface area (Å²) in [5, 5.41) is 3.33. The SMILES string of the molecule is CCCNCC(C)OCCOC(C)(C)C. The quantitative estimate of drug-likeness (QED) is 0.632. The Kier molecular flexibility index (Phi) is 8.02. The molecule has 0 aromatic rings. The van der Waals surface area contributed by atoms with E-state index in [1.54, 1.807) is 0 Å². The van der Waals surface area contributed by atoms with Crippen molar-refractivity contribution in [3.63, 3.8) is 0 Å². The third-order valence-corrected chi connectivity index (χ3v) is 1.88. The van der Waals surface area contributed by atoms with Crippen molar-refractivity contribution >= 4 is 0 Å². The molecule has 1 N–H and O–H groups in total. The van der Waals surface area contributed by atoms with Gasteiger partial charge in [0.15, 0.2) is 0 Å². The molecule has 0 heterocycles. The summed E-state index contributed by atoms with van der Waals surface area (Å²) in [5.41, 5.74) is -0.0624. The number of ether oxygens (including phenoxy) is 2. The van der Waals surface area contributed by atoms with Crippen LogP contribution in [-0.4, -0.2) is 38.0 Å². The van der Waals surface area contributed by atoms with E-state index in [9.17, 15) is 0 Å². The molecule has 0 aliphatic heterocycles. The summed E-state index contributed by atoms with van der Waals surface area (Å²) in [7, 11) is 0. The first-order valence-electron chi connectivity index (χ1n) is 5.92. The second-order valence-electron chi connectivity index (χ2n) is 4.85. The van der Waals surface area contributed by atoms with Crippen molar-refractivity contribution in [1.82, 2.24) is 5.32 Å². The third-order valence-electron chi connectivity index (χ3n) is 1.88. The average Bonchev–Trinajstić information content (AvgIpc) is 2.11. The molecule has 0 saturated carbocycles. The standard InChI is InChI=1S/C12H27NO2/c1-6-7-13-10-11(2)14-8-9-15-12(3,4)5/h11,13H,6-10H2,1-5H3. The van der Waals surface area contributed by atoms with Gasteiger partial charge in [0.05, 0.1) is 24.9 Å². The van der Waals surface area contributed by atoms with E-state index < -0.39 is 0 Å². The van der Waals surface area contributed by atoms with Crippen molar-refractivity contribution in [2.45, 2.75) is 52.7 Å². The molecule has 92 valence electrons. The number of rotatable bonds is 8. The van der Waals surface area contributed by atoms with Crippen LogP contribution in [0.4, 0.5) is 0 Å². The second kappa shape index (κ2) is 8.08. The summed E-state index contributed by atoms with van der Waals surface area (Å²) in [6.45, 7) is 13.7. The van der Waals surface area contributed by atoms with Gasteiger partial charge in [0, 0.05) is 6.54 Å². The fourth-order valence-electron chi connectivity index (χ4n) is 1.14. The van der Waals surface area contributed by atoms with Crippen LogP contribution in [0.25, 0.3) is 0 Å². The summed E-state index contributed by atoms with van der Waals surface area (Å²) in [4.78, 5) is 0. The van der Waals surface area contributed by atoms with Crippen LogP contribution in [0.2, 0.25) is 0 Å². The first-order valence-corrected chi connectivity index (χ1v) is 5.92.